The Labute approximate surface area is 388 Å². The Kier molecular flexibility index (Phi) is 38.6. The molecule has 380 valence electrons. The van der Waals surface area contributed by atoms with E-state index in [1.165, 1.54) is 6.92 Å². The Bertz CT molecular complexity index is 1420. The number of carbonyl (C=O) groups is 9. The van der Waals surface area contributed by atoms with E-state index in [2.05, 4.69) is 31.9 Å². The second-order valence-electron chi connectivity index (χ2n) is 15.8. The van der Waals surface area contributed by atoms with Gasteiger partial charge in [0.05, 0.1) is 45.7 Å². The number of rotatable bonds is 46. The molecule has 1 unspecified atom stereocenters. The number of ketones is 1. The molecule has 3 atom stereocenters. The molecule has 0 saturated carbocycles. The Balaban J connectivity index is 4.33. The van der Waals surface area contributed by atoms with Crippen molar-refractivity contribution in [1.29, 1.82) is 0 Å². The van der Waals surface area contributed by atoms with Gasteiger partial charge in [0.1, 0.15) is 25.3 Å². The maximum Gasteiger partial charge on any atom is 0.326 e. The maximum absolute atomic E-state index is 13.0. The third-order valence-corrected chi connectivity index (χ3v) is 9.92. The zero-order valence-electron chi connectivity index (χ0n) is 39.1. The van der Waals surface area contributed by atoms with Gasteiger partial charge in [0.15, 0.2) is 5.78 Å². The number of carboxylic acids is 3. The van der Waals surface area contributed by atoms with Gasteiger partial charge in [-0.15, -0.1) is 0 Å². The zero-order chi connectivity index (χ0) is 49.2. The Morgan fingerprint density at radius 3 is 1.45 bits per heavy atom. The number of amides is 5. The molecule has 0 bridgehead atoms. The van der Waals surface area contributed by atoms with Crippen LogP contribution in [-0.2, 0) is 62.1 Å². The Morgan fingerprint density at radius 2 is 0.894 bits per heavy atom. The van der Waals surface area contributed by atoms with E-state index in [9.17, 15) is 53.4 Å². The number of nitrogens with one attached hydrogen (secondary N) is 6. The van der Waals surface area contributed by atoms with Crippen LogP contribution in [0.25, 0.3) is 0 Å². The molecule has 0 rings (SSSR count). The topological polar surface area (TPSA) is 323 Å². The standard InChI is InChI=1S/C44H78N6O16/c1-33(51)31-65-29-27-63-25-23-46-39(54)32-66-30-28-64-26-24-48-42(59)34(45-2)15-13-14-22-47-43(60)35(19-21-41(57)58)49-38(53)20-18-36(44(61)62)50-37(52)16-11-9-7-5-3-4-6-8-10-12-17-40(55)56/h34-36,45H,3-32H2,1-2H3,(H,46,54)(H,47,60)(H,48,59)(H,49,53)(H,50,52)(H,55,56)(H,57,58)(H,61,62)/t34?,35-,36-/m0/s1. The second kappa shape index (κ2) is 41.6. The van der Waals surface area contributed by atoms with Crippen molar-refractivity contribution >= 4 is 53.2 Å². The van der Waals surface area contributed by atoms with Gasteiger partial charge in [0.25, 0.3) is 0 Å². The number of aliphatic carboxylic acids is 3. The fourth-order valence-electron chi connectivity index (χ4n) is 6.30. The van der Waals surface area contributed by atoms with Gasteiger partial charge >= 0.3 is 17.9 Å². The van der Waals surface area contributed by atoms with Crippen molar-refractivity contribution in [3.05, 3.63) is 0 Å². The van der Waals surface area contributed by atoms with Gasteiger partial charge in [0, 0.05) is 45.3 Å². The first-order chi connectivity index (χ1) is 31.7. The molecule has 0 aliphatic carbocycles. The van der Waals surface area contributed by atoms with Crippen LogP contribution in [0.4, 0.5) is 0 Å². The first-order valence-electron chi connectivity index (χ1n) is 23.2. The van der Waals surface area contributed by atoms with Crippen molar-refractivity contribution in [1.82, 2.24) is 31.9 Å². The quantitative estimate of drug-likeness (QED) is 0.0387. The molecular formula is C44H78N6O16. The third kappa shape index (κ3) is 38.5. The molecule has 66 heavy (non-hydrogen) atoms. The Morgan fingerprint density at radius 1 is 0.424 bits per heavy atom. The van der Waals surface area contributed by atoms with E-state index in [4.69, 9.17) is 24.1 Å². The summed E-state index contributed by atoms with van der Waals surface area (Å²) in [5.41, 5.74) is 0. The normalized spacial score (nSPS) is 12.3. The molecule has 9 N–H and O–H groups in total. The van der Waals surface area contributed by atoms with E-state index >= 15 is 0 Å². The second-order valence-corrected chi connectivity index (χ2v) is 15.8. The molecule has 0 aliphatic heterocycles. The lowest BCUT2D eigenvalue weighted by Crippen LogP contribution is -2.48. The van der Waals surface area contributed by atoms with Crippen molar-refractivity contribution in [3.8, 4) is 0 Å². The van der Waals surface area contributed by atoms with Crippen LogP contribution in [0.15, 0.2) is 0 Å². The molecule has 0 aromatic rings. The summed E-state index contributed by atoms with van der Waals surface area (Å²) in [6.07, 6.45) is 9.81. The summed E-state index contributed by atoms with van der Waals surface area (Å²) in [5.74, 6) is -5.59. The molecule has 22 heteroatoms. The number of carboxylic acid groups (broad SMARTS) is 3. The molecule has 0 fully saturated rings. The number of Topliss-reactive ketones (excluding diaryl/α,β-unsaturated/α-hetero) is 1. The van der Waals surface area contributed by atoms with Crippen LogP contribution in [0.1, 0.15) is 129 Å². The van der Waals surface area contributed by atoms with Crippen molar-refractivity contribution in [2.45, 2.75) is 147 Å². The van der Waals surface area contributed by atoms with E-state index in [0.29, 0.717) is 45.3 Å². The molecular weight excluding hydrogens is 869 g/mol. The fourth-order valence-corrected chi connectivity index (χ4v) is 6.30. The summed E-state index contributed by atoms with van der Waals surface area (Å²) in [4.78, 5) is 107. The summed E-state index contributed by atoms with van der Waals surface area (Å²) in [6, 6.07) is -3.03. The zero-order valence-corrected chi connectivity index (χ0v) is 39.1. The summed E-state index contributed by atoms with van der Waals surface area (Å²) < 4.78 is 21.1. The highest BCUT2D eigenvalue weighted by molar-refractivity contribution is 5.89. The van der Waals surface area contributed by atoms with Gasteiger partial charge < -0.3 is 66.2 Å². The van der Waals surface area contributed by atoms with E-state index in [1.54, 1.807) is 7.05 Å². The highest BCUT2D eigenvalue weighted by Gasteiger charge is 2.25. The van der Waals surface area contributed by atoms with Crippen LogP contribution in [0, 0.1) is 0 Å². The van der Waals surface area contributed by atoms with Gasteiger partial charge in [-0.1, -0.05) is 51.4 Å². The van der Waals surface area contributed by atoms with Crippen LogP contribution in [0.3, 0.4) is 0 Å². The monoisotopic (exact) mass is 947 g/mol. The van der Waals surface area contributed by atoms with Crippen LogP contribution >= 0.6 is 0 Å². The minimum Gasteiger partial charge on any atom is -0.481 e. The van der Waals surface area contributed by atoms with E-state index < -0.39 is 60.2 Å². The van der Waals surface area contributed by atoms with Gasteiger partial charge in [-0.3, -0.25) is 38.4 Å². The predicted octanol–water partition coefficient (Wildman–Crippen LogP) is 1.21. The van der Waals surface area contributed by atoms with Crippen molar-refractivity contribution in [2.24, 2.45) is 0 Å². The minimum absolute atomic E-state index is 0.0409. The maximum atomic E-state index is 13.0. The number of carbonyl (C=O) groups excluding carboxylic acids is 6. The first-order valence-corrected chi connectivity index (χ1v) is 23.2. The molecule has 0 heterocycles. The van der Waals surface area contributed by atoms with Crippen molar-refractivity contribution < 1.29 is 77.4 Å². The number of ether oxygens (including phenoxy) is 4. The minimum atomic E-state index is -1.32. The average molecular weight is 947 g/mol. The third-order valence-electron chi connectivity index (χ3n) is 9.92. The van der Waals surface area contributed by atoms with E-state index in [0.717, 1.165) is 51.4 Å². The smallest absolute Gasteiger partial charge is 0.326 e. The van der Waals surface area contributed by atoms with Crippen LogP contribution in [0.5, 0.6) is 0 Å². The van der Waals surface area contributed by atoms with Crippen LogP contribution < -0.4 is 31.9 Å². The summed E-state index contributed by atoms with van der Waals surface area (Å²) in [6.45, 7) is 3.54. The predicted molar refractivity (Wildman–Crippen MR) is 240 cm³/mol. The van der Waals surface area contributed by atoms with Crippen molar-refractivity contribution in [3.63, 3.8) is 0 Å². The van der Waals surface area contributed by atoms with Crippen LogP contribution in [-0.4, -0.2) is 166 Å². The number of likely N-dealkylation sites (N-methyl/N-ethyl adjacent to an activating group) is 1. The highest BCUT2D eigenvalue weighted by atomic mass is 16.5. The first kappa shape index (κ1) is 61.2. The molecule has 22 nitrogen and oxygen atoms in total. The average Bonchev–Trinajstić information content (AvgIpc) is 3.26. The van der Waals surface area contributed by atoms with E-state index in [-0.39, 0.29) is 109 Å². The van der Waals surface area contributed by atoms with Crippen LogP contribution in [0.2, 0.25) is 0 Å². The summed E-state index contributed by atoms with van der Waals surface area (Å²) in [7, 11) is 1.64. The summed E-state index contributed by atoms with van der Waals surface area (Å²) in [5, 5.41) is 43.5. The largest absolute Gasteiger partial charge is 0.481 e. The van der Waals surface area contributed by atoms with E-state index in [1.807, 2.05) is 0 Å². The lowest BCUT2D eigenvalue weighted by Gasteiger charge is -2.19. The Hall–Kier alpha value is -4.77. The van der Waals surface area contributed by atoms with Gasteiger partial charge in [-0.05, 0) is 58.9 Å². The van der Waals surface area contributed by atoms with Gasteiger partial charge in [-0.2, -0.15) is 0 Å². The lowest BCUT2D eigenvalue weighted by molar-refractivity contribution is -0.142. The number of hydrogen-bond acceptors (Lipinski definition) is 14. The highest BCUT2D eigenvalue weighted by Crippen LogP contribution is 2.12. The number of hydrogen-bond donors (Lipinski definition) is 9. The molecule has 0 aromatic heterocycles. The molecule has 0 aromatic carbocycles. The van der Waals surface area contributed by atoms with Crippen molar-refractivity contribution in [2.75, 3.05) is 79.5 Å². The summed E-state index contributed by atoms with van der Waals surface area (Å²) >= 11 is 0. The fraction of sp³-hybridized carbons (Fsp3) is 0.795. The molecule has 0 spiro atoms. The lowest BCUT2D eigenvalue weighted by atomic mass is 10.0. The van der Waals surface area contributed by atoms with Gasteiger partial charge in [0.2, 0.25) is 29.5 Å². The van der Waals surface area contributed by atoms with Gasteiger partial charge in [-0.25, -0.2) is 4.79 Å². The SMILES string of the molecule is CNC(CCCCNC(=O)[C@H](CCC(=O)O)NC(=O)CC[C@H](NC(=O)CCCCCCCCCCCCC(=O)O)C(=O)O)C(=O)NCCOCCOCC(=O)NCCOCCOCC(C)=O. The molecule has 0 radical (unpaired) electrons. The molecule has 0 aliphatic rings. The molecule has 5 amide bonds. The number of unbranched alkanes of at least 4 members (excludes halogenated alkanes) is 10. The molecule has 0 saturated heterocycles.